The number of nitrogens with zero attached hydrogens (tertiary/aromatic N) is 2. The summed E-state index contributed by atoms with van der Waals surface area (Å²) in [5.74, 6) is 1.41. The second-order valence-corrected chi connectivity index (χ2v) is 11.5. The molecule has 2 aromatic carbocycles. The Hall–Kier alpha value is -3.02. The molecule has 0 spiro atoms. The summed E-state index contributed by atoms with van der Waals surface area (Å²) in [5, 5.41) is 19.7. The highest BCUT2D eigenvalue weighted by Crippen LogP contribution is 2.40. The van der Waals surface area contributed by atoms with E-state index in [1.807, 2.05) is 18.2 Å². The van der Waals surface area contributed by atoms with Crippen molar-refractivity contribution in [3.05, 3.63) is 52.0 Å². The number of unbranched alkanes of at least 4 members (excludes halogenated alkanes) is 3. The quantitative estimate of drug-likeness (QED) is 0.181. The zero-order valence-electron chi connectivity index (χ0n) is 24.6. The number of hydrazone groups is 1. The molecule has 1 aliphatic heterocycles. The number of alkyl halides is 3. The molecule has 2 aromatic rings. The molecule has 2 aliphatic rings. The number of nitrogen functional groups attached to an aromatic ring is 1. The van der Waals surface area contributed by atoms with Gasteiger partial charge in [0.2, 0.25) is 5.91 Å². The Kier molecular flexibility index (Phi) is 11.2. The summed E-state index contributed by atoms with van der Waals surface area (Å²) in [5.41, 5.74) is 5.79. The van der Waals surface area contributed by atoms with Crippen molar-refractivity contribution in [2.45, 2.75) is 63.6 Å². The van der Waals surface area contributed by atoms with Gasteiger partial charge < -0.3 is 25.6 Å². The number of aliphatic hydroxyl groups is 1. The lowest BCUT2D eigenvalue weighted by Gasteiger charge is -2.38. The molecule has 1 saturated carbocycles. The van der Waals surface area contributed by atoms with E-state index in [2.05, 4.69) is 5.32 Å². The van der Waals surface area contributed by atoms with E-state index in [0.29, 0.717) is 24.6 Å². The van der Waals surface area contributed by atoms with E-state index in [4.69, 9.17) is 31.9 Å². The molecular weight excluding hydrogens is 585 g/mol. The highest BCUT2D eigenvalue weighted by Gasteiger charge is 2.41. The van der Waals surface area contributed by atoms with Gasteiger partial charge in [-0.1, -0.05) is 37.3 Å². The zero-order valence-corrected chi connectivity index (χ0v) is 25.3. The van der Waals surface area contributed by atoms with Crippen molar-refractivity contribution < 1.29 is 32.5 Å². The fourth-order valence-corrected chi connectivity index (χ4v) is 6.14. The number of carbonyl (C=O) groups is 1. The van der Waals surface area contributed by atoms with Gasteiger partial charge in [0.25, 0.3) is 0 Å². The molecule has 0 aromatic heterocycles. The zero-order chi connectivity index (χ0) is 31.1. The molecule has 0 bridgehead atoms. The number of hydrogen-bond donors (Lipinski definition) is 3. The van der Waals surface area contributed by atoms with E-state index < -0.39 is 23.5 Å². The summed E-state index contributed by atoms with van der Waals surface area (Å²) in [7, 11) is 3.20. The molecule has 236 valence electrons. The minimum absolute atomic E-state index is 0.0541. The van der Waals surface area contributed by atoms with Crippen molar-refractivity contribution in [1.29, 1.82) is 0 Å². The molecule has 1 heterocycles. The molecule has 4 N–H and O–H groups in total. The number of carbonyl (C=O) groups excluding carboxylic acids is 1. The van der Waals surface area contributed by atoms with Gasteiger partial charge >= 0.3 is 6.18 Å². The predicted octanol–water partition coefficient (Wildman–Crippen LogP) is 6.19. The Labute approximate surface area is 255 Å². The van der Waals surface area contributed by atoms with Crippen LogP contribution in [0.15, 0.2) is 35.4 Å². The Balaban J connectivity index is 1.26. The van der Waals surface area contributed by atoms with Crippen LogP contribution in [-0.2, 0) is 11.0 Å². The topological polar surface area (TPSA) is 109 Å². The summed E-state index contributed by atoms with van der Waals surface area (Å²) in [6.07, 6.45) is 1.46. The Bertz CT molecular complexity index is 1310. The predicted molar refractivity (Wildman–Crippen MR) is 160 cm³/mol. The average molecular weight is 625 g/mol. The van der Waals surface area contributed by atoms with Crippen molar-refractivity contribution in [1.82, 2.24) is 10.3 Å². The van der Waals surface area contributed by atoms with E-state index in [-0.39, 0.29) is 34.9 Å². The first kappa shape index (κ1) is 32.9. The maximum atomic E-state index is 13.3. The van der Waals surface area contributed by atoms with Crippen molar-refractivity contribution in [3.8, 4) is 11.5 Å². The number of ether oxygens (including phenoxy) is 2. The van der Waals surface area contributed by atoms with E-state index in [0.717, 1.165) is 68.7 Å². The summed E-state index contributed by atoms with van der Waals surface area (Å²) in [4.78, 5) is 13.3. The molecule has 8 nitrogen and oxygen atoms in total. The molecule has 0 radical (unpaired) electrons. The monoisotopic (exact) mass is 624 g/mol. The average Bonchev–Trinajstić information content (AvgIpc) is 2.99. The molecule has 1 amide bonds. The van der Waals surface area contributed by atoms with Crippen LogP contribution in [0.3, 0.4) is 0 Å². The molecule has 3 atom stereocenters. The van der Waals surface area contributed by atoms with Gasteiger partial charge in [-0.15, -0.1) is 0 Å². The standard InChI is InChI=1S/C31H40ClF3N4O4/c1-42-26-12-11-19(17-27(26)43-2)29-21-9-5-6-10-22(21)30(41)39(38-29)14-8-4-3-7-13-37-18-25(40)20-15-23(31(33,34)35)28(36)24(32)16-20/h11-12,15-17,21-22,25,37,40H,3-10,13-14,18,36H2,1-2H3/t21-,22+,25?/m0/s1. The summed E-state index contributed by atoms with van der Waals surface area (Å²) in [6.45, 7) is 1.19. The first-order chi connectivity index (χ1) is 20.5. The van der Waals surface area contributed by atoms with Crippen molar-refractivity contribution in [3.63, 3.8) is 0 Å². The highest BCUT2D eigenvalue weighted by molar-refractivity contribution is 6.33. The maximum absolute atomic E-state index is 13.3. The fraction of sp³-hybridized carbons (Fsp3) is 0.548. The number of nitrogens with one attached hydrogen (secondary N) is 1. The van der Waals surface area contributed by atoms with Gasteiger partial charge in [-0.05, 0) is 68.1 Å². The maximum Gasteiger partial charge on any atom is 0.418 e. The molecule has 43 heavy (non-hydrogen) atoms. The number of anilines is 1. The van der Waals surface area contributed by atoms with Gasteiger partial charge in [-0.25, -0.2) is 5.01 Å². The number of rotatable bonds is 13. The normalized spacial score (nSPS) is 19.6. The van der Waals surface area contributed by atoms with Gasteiger partial charge in [0.1, 0.15) is 0 Å². The number of methoxy groups -OCH3 is 2. The van der Waals surface area contributed by atoms with Crippen LogP contribution < -0.4 is 20.5 Å². The van der Waals surface area contributed by atoms with Crippen LogP contribution in [0, 0.1) is 11.8 Å². The van der Waals surface area contributed by atoms with Crippen LogP contribution in [0.2, 0.25) is 5.02 Å². The van der Waals surface area contributed by atoms with E-state index >= 15 is 0 Å². The largest absolute Gasteiger partial charge is 0.493 e. The van der Waals surface area contributed by atoms with Crippen LogP contribution in [-0.4, -0.2) is 55.6 Å². The second kappa shape index (κ2) is 14.6. The number of nitrogens with two attached hydrogens (primary N) is 1. The minimum atomic E-state index is -4.66. The van der Waals surface area contributed by atoms with Gasteiger partial charge in [0.05, 0.1) is 42.3 Å². The lowest BCUT2D eigenvalue weighted by molar-refractivity contribution is -0.139. The SMILES string of the molecule is COc1ccc(C2=NN(CCCCCCNCC(O)c3cc(Cl)c(N)c(C(F)(F)F)c3)C(=O)[C@@H]3CCCC[C@H]23)cc1OC. The Morgan fingerprint density at radius 1 is 1.07 bits per heavy atom. The third-order valence-corrected chi connectivity index (χ3v) is 8.56. The van der Waals surface area contributed by atoms with E-state index in [1.54, 1.807) is 19.2 Å². The molecule has 1 unspecified atom stereocenters. The fourth-order valence-electron chi connectivity index (χ4n) is 5.91. The summed E-state index contributed by atoms with van der Waals surface area (Å²) in [6, 6.07) is 7.87. The minimum Gasteiger partial charge on any atom is -0.493 e. The summed E-state index contributed by atoms with van der Waals surface area (Å²) >= 11 is 5.86. The van der Waals surface area contributed by atoms with Gasteiger partial charge in [-0.3, -0.25) is 4.79 Å². The number of amides is 1. The van der Waals surface area contributed by atoms with E-state index in [9.17, 15) is 23.1 Å². The Morgan fingerprint density at radius 2 is 1.77 bits per heavy atom. The van der Waals surface area contributed by atoms with Crippen LogP contribution in [0.25, 0.3) is 0 Å². The molecular formula is C31H40ClF3N4O4. The lowest BCUT2D eigenvalue weighted by atomic mass is 9.73. The van der Waals surface area contributed by atoms with Gasteiger partial charge in [-0.2, -0.15) is 18.3 Å². The first-order valence-electron chi connectivity index (χ1n) is 14.7. The third kappa shape index (κ3) is 7.93. The number of halogens is 4. The smallest absolute Gasteiger partial charge is 0.418 e. The van der Waals surface area contributed by atoms with Crippen molar-refractivity contribution in [2.24, 2.45) is 16.9 Å². The number of benzene rings is 2. The molecule has 12 heteroatoms. The Morgan fingerprint density at radius 3 is 2.47 bits per heavy atom. The van der Waals surface area contributed by atoms with Crippen LogP contribution in [0.4, 0.5) is 18.9 Å². The lowest BCUT2D eigenvalue weighted by Crippen LogP contribution is -2.46. The second-order valence-electron chi connectivity index (χ2n) is 11.1. The van der Waals surface area contributed by atoms with Crippen LogP contribution >= 0.6 is 11.6 Å². The molecule has 1 aliphatic carbocycles. The number of aliphatic hydroxyl groups excluding tert-OH is 1. The van der Waals surface area contributed by atoms with E-state index in [1.165, 1.54) is 6.07 Å². The van der Waals surface area contributed by atoms with Gasteiger partial charge in [0.15, 0.2) is 11.5 Å². The van der Waals surface area contributed by atoms with Crippen molar-refractivity contribution in [2.75, 3.05) is 39.6 Å². The molecule has 1 fully saturated rings. The first-order valence-corrected chi connectivity index (χ1v) is 15.1. The molecule has 4 rings (SSSR count). The third-order valence-electron chi connectivity index (χ3n) is 8.25. The van der Waals surface area contributed by atoms with Crippen molar-refractivity contribution >= 4 is 28.9 Å². The summed E-state index contributed by atoms with van der Waals surface area (Å²) < 4.78 is 50.5. The van der Waals surface area contributed by atoms with Gasteiger partial charge in [0, 0.05) is 30.5 Å². The van der Waals surface area contributed by atoms with Crippen LogP contribution in [0.5, 0.6) is 11.5 Å². The highest BCUT2D eigenvalue weighted by atomic mass is 35.5. The molecule has 0 saturated heterocycles. The number of hydrogen-bond acceptors (Lipinski definition) is 7. The van der Waals surface area contributed by atoms with Crippen LogP contribution in [0.1, 0.15) is 74.2 Å². The number of fused-ring (bicyclic) bond motifs is 1.